The fourth-order valence-corrected chi connectivity index (χ4v) is 4.23. The van der Waals surface area contributed by atoms with Gasteiger partial charge < -0.3 is 24.4 Å². The molecule has 0 saturated carbocycles. The van der Waals surface area contributed by atoms with Crippen LogP contribution in [0.4, 0.5) is 5.95 Å². The van der Waals surface area contributed by atoms with Gasteiger partial charge in [0.15, 0.2) is 11.5 Å². The molecule has 1 atom stereocenters. The van der Waals surface area contributed by atoms with Crippen molar-refractivity contribution in [3.63, 3.8) is 0 Å². The molecule has 176 valence electrons. The first-order valence-electron chi connectivity index (χ1n) is 11.3. The van der Waals surface area contributed by atoms with Gasteiger partial charge in [0.25, 0.3) is 0 Å². The van der Waals surface area contributed by atoms with E-state index < -0.39 is 5.60 Å². The number of ether oxygens (including phenoxy) is 2. The van der Waals surface area contributed by atoms with Gasteiger partial charge in [0.05, 0.1) is 25.9 Å². The van der Waals surface area contributed by atoms with Gasteiger partial charge in [-0.2, -0.15) is 0 Å². The summed E-state index contributed by atoms with van der Waals surface area (Å²) in [7, 11) is 7.82. The van der Waals surface area contributed by atoms with Gasteiger partial charge in [-0.3, -0.25) is 4.90 Å². The van der Waals surface area contributed by atoms with E-state index in [9.17, 15) is 5.11 Å². The van der Waals surface area contributed by atoms with E-state index in [2.05, 4.69) is 44.8 Å². The molecule has 1 N–H and O–H groups in total. The summed E-state index contributed by atoms with van der Waals surface area (Å²) < 4.78 is 11.5. The van der Waals surface area contributed by atoms with Gasteiger partial charge >= 0.3 is 0 Å². The fourth-order valence-electron chi connectivity index (χ4n) is 4.23. The Balaban J connectivity index is 1.56. The highest BCUT2D eigenvalue weighted by molar-refractivity contribution is 5.43. The third-order valence-electron chi connectivity index (χ3n) is 5.64. The van der Waals surface area contributed by atoms with E-state index >= 15 is 0 Å². The Morgan fingerprint density at radius 1 is 1.16 bits per heavy atom. The molecule has 8 nitrogen and oxygen atoms in total. The second-order valence-electron chi connectivity index (χ2n) is 8.96. The molecular weight excluding hydrogens is 406 g/mol. The van der Waals surface area contributed by atoms with Crippen molar-refractivity contribution in [3.8, 4) is 11.5 Å². The zero-order valence-corrected chi connectivity index (χ0v) is 19.8. The highest BCUT2D eigenvalue weighted by Gasteiger charge is 2.35. The number of anilines is 1. The first kappa shape index (κ1) is 24.2. The van der Waals surface area contributed by atoms with Crippen LogP contribution in [0.15, 0.2) is 36.7 Å². The molecule has 3 rings (SSSR count). The van der Waals surface area contributed by atoms with Crippen LogP contribution >= 0.6 is 0 Å². The number of benzene rings is 1. The Morgan fingerprint density at radius 3 is 2.66 bits per heavy atom. The molecule has 1 aliphatic heterocycles. The number of aromatic nitrogens is 2. The molecule has 1 aliphatic rings. The van der Waals surface area contributed by atoms with E-state index in [0.717, 1.165) is 49.4 Å². The number of methoxy groups -OCH3 is 1. The van der Waals surface area contributed by atoms with Crippen LogP contribution in [0.3, 0.4) is 0 Å². The summed E-state index contributed by atoms with van der Waals surface area (Å²) in [6, 6.07) is 7.87. The third-order valence-corrected chi connectivity index (χ3v) is 5.64. The van der Waals surface area contributed by atoms with Crippen molar-refractivity contribution in [1.29, 1.82) is 0 Å². The molecule has 0 aliphatic carbocycles. The Labute approximate surface area is 191 Å². The molecule has 1 unspecified atom stereocenters. The molecule has 0 bridgehead atoms. The summed E-state index contributed by atoms with van der Waals surface area (Å²) in [5.41, 5.74) is 0.318. The minimum Gasteiger partial charge on any atom is -0.493 e. The summed E-state index contributed by atoms with van der Waals surface area (Å²) >= 11 is 0. The number of likely N-dealkylation sites (N-methyl/N-ethyl adjacent to an activating group) is 1. The van der Waals surface area contributed by atoms with E-state index in [4.69, 9.17) is 9.47 Å². The van der Waals surface area contributed by atoms with Crippen molar-refractivity contribution >= 4 is 5.95 Å². The maximum absolute atomic E-state index is 11.3. The van der Waals surface area contributed by atoms with E-state index in [-0.39, 0.29) is 0 Å². The highest BCUT2D eigenvalue weighted by Crippen LogP contribution is 2.29. The average molecular weight is 444 g/mol. The monoisotopic (exact) mass is 443 g/mol. The quantitative estimate of drug-likeness (QED) is 0.530. The largest absolute Gasteiger partial charge is 0.493 e. The molecule has 8 heteroatoms. The number of aliphatic hydroxyl groups is 1. The van der Waals surface area contributed by atoms with E-state index in [0.29, 0.717) is 32.2 Å². The fraction of sp³-hybridized carbons (Fsp3) is 0.583. The van der Waals surface area contributed by atoms with Crippen molar-refractivity contribution < 1.29 is 14.6 Å². The molecule has 2 aromatic rings. The lowest BCUT2D eigenvalue weighted by atomic mass is 9.92. The van der Waals surface area contributed by atoms with Crippen molar-refractivity contribution in [2.75, 3.05) is 65.9 Å². The van der Waals surface area contributed by atoms with Crippen LogP contribution in [-0.4, -0.2) is 91.5 Å². The standard InChI is InChI=1S/C24H37N5O3/c1-27(2)13-7-15-32-21-9-8-20(16-22(21)31-4)17-28(3)18-24(30)10-5-14-29(19-24)23-25-11-6-12-26-23/h6,8-9,11-12,16,30H,5,7,10,13-15,17-19H2,1-4H3. The number of nitrogens with zero attached hydrogens (tertiary/aromatic N) is 5. The van der Waals surface area contributed by atoms with Crippen LogP contribution < -0.4 is 14.4 Å². The third kappa shape index (κ3) is 7.05. The van der Waals surface area contributed by atoms with Crippen LogP contribution in [0.1, 0.15) is 24.8 Å². The maximum Gasteiger partial charge on any atom is 0.225 e. The normalized spacial score (nSPS) is 18.9. The van der Waals surface area contributed by atoms with Crippen LogP contribution in [-0.2, 0) is 6.54 Å². The zero-order valence-electron chi connectivity index (χ0n) is 19.8. The Hall–Kier alpha value is -2.42. The number of piperidine rings is 1. The Morgan fingerprint density at radius 2 is 1.94 bits per heavy atom. The molecule has 1 fully saturated rings. The number of hydrogen-bond donors (Lipinski definition) is 1. The van der Waals surface area contributed by atoms with Gasteiger partial charge in [-0.15, -0.1) is 0 Å². The molecule has 0 radical (unpaired) electrons. The molecule has 1 saturated heterocycles. The lowest BCUT2D eigenvalue weighted by Gasteiger charge is -2.41. The SMILES string of the molecule is COc1cc(CN(C)CC2(O)CCCN(c3ncccn3)C2)ccc1OCCCN(C)C. The molecule has 2 heterocycles. The van der Waals surface area contributed by atoms with Gasteiger partial charge in [-0.25, -0.2) is 9.97 Å². The Bertz CT molecular complexity index is 836. The van der Waals surface area contributed by atoms with Crippen LogP contribution in [0.2, 0.25) is 0 Å². The minimum atomic E-state index is -0.800. The topological polar surface area (TPSA) is 74.2 Å². The smallest absolute Gasteiger partial charge is 0.225 e. The molecule has 1 aromatic carbocycles. The van der Waals surface area contributed by atoms with E-state index in [1.807, 2.05) is 25.2 Å². The molecule has 1 aromatic heterocycles. The highest BCUT2D eigenvalue weighted by atomic mass is 16.5. The lowest BCUT2D eigenvalue weighted by Crippen LogP contribution is -2.54. The van der Waals surface area contributed by atoms with Crippen molar-refractivity contribution in [3.05, 3.63) is 42.2 Å². The summed E-state index contributed by atoms with van der Waals surface area (Å²) in [5, 5.41) is 11.3. The first-order chi connectivity index (χ1) is 15.4. The number of β-amino-alcohol motifs (C(OH)–C–C–N with tert-alkyl or cyclic N) is 1. The first-order valence-corrected chi connectivity index (χ1v) is 11.3. The van der Waals surface area contributed by atoms with E-state index in [1.54, 1.807) is 19.5 Å². The predicted octanol–water partition coefficient (Wildman–Crippen LogP) is 2.28. The average Bonchev–Trinajstić information content (AvgIpc) is 2.77. The molecule has 32 heavy (non-hydrogen) atoms. The van der Waals surface area contributed by atoms with Crippen molar-refractivity contribution in [1.82, 2.24) is 19.8 Å². The lowest BCUT2D eigenvalue weighted by molar-refractivity contribution is -0.00366. The van der Waals surface area contributed by atoms with E-state index in [1.165, 1.54) is 0 Å². The molecule has 0 amide bonds. The minimum absolute atomic E-state index is 0.532. The summed E-state index contributed by atoms with van der Waals surface area (Å²) in [6.07, 6.45) is 6.13. The second kappa shape index (κ2) is 11.4. The van der Waals surface area contributed by atoms with Gasteiger partial charge in [-0.05, 0) is 64.2 Å². The summed E-state index contributed by atoms with van der Waals surface area (Å²) in [6.45, 7) is 4.32. The zero-order chi connectivity index (χ0) is 23.0. The second-order valence-corrected chi connectivity index (χ2v) is 8.96. The maximum atomic E-state index is 11.3. The summed E-state index contributed by atoms with van der Waals surface area (Å²) in [4.78, 5) is 15.1. The number of hydrogen-bond acceptors (Lipinski definition) is 8. The van der Waals surface area contributed by atoms with Crippen molar-refractivity contribution in [2.45, 2.75) is 31.4 Å². The van der Waals surface area contributed by atoms with Crippen LogP contribution in [0.25, 0.3) is 0 Å². The van der Waals surface area contributed by atoms with Crippen LogP contribution in [0.5, 0.6) is 11.5 Å². The predicted molar refractivity (Wildman–Crippen MR) is 126 cm³/mol. The number of rotatable bonds is 11. The Kier molecular flexibility index (Phi) is 8.67. The summed E-state index contributed by atoms with van der Waals surface area (Å²) in [5.74, 6) is 2.19. The van der Waals surface area contributed by atoms with Crippen LogP contribution in [0, 0.1) is 0 Å². The molecule has 0 spiro atoms. The van der Waals surface area contributed by atoms with Gasteiger partial charge in [0.1, 0.15) is 0 Å². The van der Waals surface area contributed by atoms with Crippen molar-refractivity contribution in [2.24, 2.45) is 0 Å². The van der Waals surface area contributed by atoms with Gasteiger partial charge in [0, 0.05) is 38.6 Å². The van der Waals surface area contributed by atoms with Gasteiger partial charge in [-0.1, -0.05) is 6.07 Å². The molecular formula is C24H37N5O3. The van der Waals surface area contributed by atoms with Gasteiger partial charge in [0.2, 0.25) is 5.95 Å².